The van der Waals surface area contributed by atoms with Crippen LogP contribution in [0.25, 0.3) is 71.5 Å². The Kier molecular flexibility index (Phi) is 4.79. The van der Waals surface area contributed by atoms with E-state index in [1.807, 2.05) is 17.4 Å². The first kappa shape index (κ1) is 22.9. The van der Waals surface area contributed by atoms with Crippen molar-refractivity contribution in [2.45, 2.75) is 13.3 Å². The van der Waals surface area contributed by atoms with Gasteiger partial charge in [0.1, 0.15) is 11.2 Å². The SMILES string of the molecule is Cc1cc2oc3ccccc3c2cc1C1=Cc2sc3ccccc3c2-c2c(c3ccccc3n2-c2ccccc2)C1. The molecule has 0 saturated carbocycles. The van der Waals surface area contributed by atoms with Crippen LogP contribution in [0.15, 0.2) is 120 Å². The van der Waals surface area contributed by atoms with Crippen LogP contribution in [0.1, 0.15) is 21.6 Å². The highest BCUT2D eigenvalue weighted by Crippen LogP contribution is 2.49. The lowest BCUT2D eigenvalue weighted by Gasteiger charge is -2.13. The van der Waals surface area contributed by atoms with Gasteiger partial charge in [0.05, 0.1) is 11.2 Å². The molecule has 9 rings (SSSR count). The number of rotatable bonds is 2. The number of benzene rings is 5. The topological polar surface area (TPSA) is 18.1 Å². The number of aromatic nitrogens is 1. The van der Waals surface area contributed by atoms with Crippen molar-refractivity contribution >= 4 is 65.9 Å². The van der Waals surface area contributed by atoms with Gasteiger partial charge in [0.25, 0.3) is 0 Å². The summed E-state index contributed by atoms with van der Waals surface area (Å²) in [5, 5.41) is 4.98. The van der Waals surface area contributed by atoms with Crippen LogP contribution < -0.4 is 0 Å². The summed E-state index contributed by atoms with van der Waals surface area (Å²) in [5.74, 6) is 0. The highest BCUT2D eigenvalue weighted by molar-refractivity contribution is 7.20. The fourth-order valence-corrected chi connectivity index (χ4v) is 7.97. The number of furan rings is 1. The van der Waals surface area contributed by atoms with Crippen LogP contribution in [-0.2, 0) is 6.42 Å². The van der Waals surface area contributed by atoms with Crippen molar-refractivity contribution in [3.05, 3.63) is 137 Å². The number of hydrogen-bond acceptors (Lipinski definition) is 2. The predicted octanol–water partition coefficient (Wildman–Crippen LogP) is 10.8. The standard InChI is InChI=1S/C38H25NOS/c1-23-19-34-30(27-14-6-9-17-33(27)40-34)22-29(23)24-20-31-26-13-5-8-16-32(26)39(25-11-3-2-4-12-25)38(31)37-28-15-7-10-18-35(28)41-36(37)21-24/h2-19,21-22H,20H2,1H3. The molecule has 0 radical (unpaired) electrons. The minimum Gasteiger partial charge on any atom is -0.456 e. The van der Waals surface area contributed by atoms with Crippen molar-refractivity contribution in [1.29, 1.82) is 0 Å². The average molecular weight is 544 g/mol. The van der Waals surface area contributed by atoms with Crippen molar-refractivity contribution in [3.8, 4) is 16.9 Å². The Morgan fingerprint density at radius 2 is 1.41 bits per heavy atom. The molecular weight excluding hydrogens is 518 g/mol. The van der Waals surface area contributed by atoms with E-state index in [0.717, 1.165) is 17.6 Å². The molecule has 0 atom stereocenters. The second-order valence-electron chi connectivity index (χ2n) is 11.0. The average Bonchev–Trinajstić information content (AvgIpc) is 3.62. The van der Waals surface area contributed by atoms with Crippen LogP contribution in [0.4, 0.5) is 0 Å². The molecule has 0 spiro atoms. The van der Waals surface area contributed by atoms with Crippen molar-refractivity contribution in [1.82, 2.24) is 4.57 Å². The third kappa shape index (κ3) is 3.30. The fraction of sp³-hybridized carbons (Fsp3) is 0.0526. The van der Waals surface area contributed by atoms with Crippen LogP contribution in [-0.4, -0.2) is 4.57 Å². The second-order valence-corrected chi connectivity index (χ2v) is 12.0. The monoisotopic (exact) mass is 543 g/mol. The summed E-state index contributed by atoms with van der Waals surface area (Å²) >= 11 is 1.89. The fourth-order valence-electron chi connectivity index (χ4n) is 6.80. The maximum atomic E-state index is 6.24. The second kappa shape index (κ2) is 8.57. The lowest BCUT2D eigenvalue weighted by atomic mass is 9.92. The summed E-state index contributed by atoms with van der Waals surface area (Å²) in [7, 11) is 0. The van der Waals surface area contributed by atoms with Crippen molar-refractivity contribution in [3.63, 3.8) is 0 Å². The summed E-state index contributed by atoms with van der Waals surface area (Å²) in [6.07, 6.45) is 3.31. The van der Waals surface area contributed by atoms with Crippen LogP contribution in [0.3, 0.4) is 0 Å². The zero-order valence-electron chi connectivity index (χ0n) is 22.5. The van der Waals surface area contributed by atoms with E-state index >= 15 is 0 Å². The van der Waals surface area contributed by atoms with E-state index in [-0.39, 0.29) is 0 Å². The van der Waals surface area contributed by atoms with Gasteiger partial charge in [-0.1, -0.05) is 72.8 Å². The van der Waals surface area contributed by atoms with Crippen LogP contribution >= 0.6 is 11.3 Å². The Labute approximate surface area is 241 Å². The largest absolute Gasteiger partial charge is 0.456 e. The Morgan fingerprint density at radius 1 is 0.683 bits per heavy atom. The highest BCUT2D eigenvalue weighted by Gasteiger charge is 2.28. The van der Waals surface area contributed by atoms with E-state index < -0.39 is 0 Å². The molecule has 1 aliphatic carbocycles. The summed E-state index contributed by atoms with van der Waals surface area (Å²) in [6.45, 7) is 2.22. The molecule has 8 aromatic rings. The van der Waals surface area contributed by atoms with Crippen LogP contribution in [0.2, 0.25) is 0 Å². The van der Waals surface area contributed by atoms with Gasteiger partial charge in [-0.05, 0) is 77.7 Å². The summed E-state index contributed by atoms with van der Waals surface area (Å²) in [6, 6.07) is 41.5. The zero-order chi connectivity index (χ0) is 27.1. The van der Waals surface area contributed by atoms with E-state index in [4.69, 9.17) is 4.42 Å². The number of thiophene rings is 1. The minimum absolute atomic E-state index is 0.855. The molecular formula is C38H25NOS. The lowest BCUT2D eigenvalue weighted by molar-refractivity contribution is 0.668. The zero-order valence-corrected chi connectivity index (χ0v) is 23.3. The van der Waals surface area contributed by atoms with Gasteiger partial charge in [0, 0.05) is 48.8 Å². The first-order valence-electron chi connectivity index (χ1n) is 14.1. The van der Waals surface area contributed by atoms with Crippen molar-refractivity contribution in [2.75, 3.05) is 0 Å². The van der Waals surface area contributed by atoms with Crippen LogP contribution in [0.5, 0.6) is 0 Å². The molecule has 5 aromatic carbocycles. The number of fused-ring (bicyclic) bond motifs is 10. The third-order valence-electron chi connectivity index (χ3n) is 8.60. The highest BCUT2D eigenvalue weighted by atomic mass is 32.1. The first-order chi connectivity index (χ1) is 20.2. The smallest absolute Gasteiger partial charge is 0.135 e. The molecule has 0 amide bonds. The molecule has 2 nitrogen and oxygen atoms in total. The lowest BCUT2D eigenvalue weighted by Crippen LogP contribution is -1.98. The van der Waals surface area contributed by atoms with E-state index in [1.54, 1.807) is 0 Å². The Morgan fingerprint density at radius 3 is 2.29 bits per heavy atom. The number of aryl methyl sites for hydroxylation is 1. The maximum absolute atomic E-state index is 6.24. The quantitative estimate of drug-likeness (QED) is 0.212. The summed E-state index contributed by atoms with van der Waals surface area (Å²) in [4.78, 5) is 1.32. The summed E-state index contributed by atoms with van der Waals surface area (Å²) < 4.78 is 10.0. The summed E-state index contributed by atoms with van der Waals surface area (Å²) in [5.41, 5.74) is 12.2. The Hall–Kier alpha value is -4.86. The van der Waals surface area contributed by atoms with Gasteiger partial charge in [-0.25, -0.2) is 0 Å². The maximum Gasteiger partial charge on any atom is 0.135 e. The molecule has 0 bridgehead atoms. The van der Waals surface area contributed by atoms with E-state index in [0.29, 0.717) is 0 Å². The van der Waals surface area contributed by atoms with E-state index in [9.17, 15) is 0 Å². The molecule has 3 heterocycles. The molecule has 0 N–H and O–H groups in total. The molecule has 3 aromatic heterocycles. The molecule has 41 heavy (non-hydrogen) atoms. The third-order valence-corrected chi connectivity index (χ3v) is 9.71. The van der Waals surface area contributed by atoms with Gasteiger partial charge < -0.3 is 8.98 Å². The van der Waals surface area contributed by atoms with Gasteiger partial charge in [0.2, 0.25) is 0 Å². The number of hydrogen-bond donors (Lipinski definition) is 0. The molecule has 0 unspecified atom stereocenters. The number of allylic oxidation sites excluding steroid dienone is 1. The van der Waals surface area contributed by atoms with E-state index in [2.05, 4.69) is 127 Å². The molecule has 3 heteroatoms. The van der Waals surface area contributed by atoms with Gasteiger partial charge in [-0.3, -0.25) is 0 Å². The molecule has 194 valence electrons. The molecule has 0 fully saturated rings. The minimum atomic E-state index is 0.855. The number of para-hydroxylation sites is 3. The predicted molar refractivity (Wildman–Crippen MR) is 174 cm³/mol. The normalized spacial score (nSPS) is 13.0. The molecule has 0 saturated heterocycles. The van der Waals surface area contributed by atoms with Gasteiger partial charge >= 0.3 is 0 Å². The number of nitrogens with zero attached hydrogens (tertiary/aromatic N) is 1. The molecule has 0 aliphatic heterocycles. The Bertz CT molecular complexity index is 2350. The van der Waals surface area contributed by atoms with Gasteiger partial charge in [0.15, 0.2) is 0 Å². The van der Waals surface area contributed by atoms with Gasteiger partial charge in [-0.15, -0.1) is 11.3 Å². The molecule has 1 aliphatic rings. The van der Waals surface area contributed by atoms with Crippen molar-refractivity contribution in [2.24, 2.45) is 0 Å². The van der Waals surface area contributed by atoms with E-state index in [1.165, 1.54) is 75.8 Å². The van der Waals surface area contributed by atoms with Gasteiger partial charge in [-0.2, -0.15) is 0 Å². The van der Waals surface area contributed by atoms with Crippen molar-refractivity contribution < 1.29 is 4.42 Å². The van der Waals surface area contributed by atoms with Crippen LogP contribution in [0, 0.1) is 6.92 Å². The first-order valence-corrected chi connectivity index (χ1v) is 14.9. The Balaban J connectivity index is 1.39.